The van der Waals surface area contributed by atoms with Crippen LogP contribution in [0.25, 0.3) is 0 Å². The average molecular weight is 253 g/mol. The predicted octanol–water partition coefficient (Wildman–Crippen LogP) is 0.890. The van der Waals surface area contributed by atoms with E-state index in [1.165, 1.54) is 0 Å². The van der Waals surface area contributed by atoms with Crippen LogP contribution in [0.15, 0.2) is 6.33 Å². The van der Waals surface area contributed by atoms with E-state index in [4.69, 9.17) is 5.11 Å². The number of carboxylic acid groups (broad SMARTS) is 1. The molecule has 0 saturated heterocycles. The van der Waals surface area contributed by atoms with Gasteiger partial charge in [0.05, 0.1) is 12.2 Å². The smallest absolute Gasteiger partial charge is 0.340 e. The van der Waals surface area contributed by atoms with E-state index in [9.17, 15) is 4.79 Å². The fourth-order valence-corrected chi connectivity index (χ4v) is 2.15. The second kappa shape index (κ2) is 4.50. The molecule has 0 bridgehead atoms. The van der Waals surface area contributed by atoms with Crippen LogP contribution >= 0.6 is 11.5 Å². The van der Waals surface area contributed by atoms with Crippen molar-refractivity contribution >= 4 is 22.5 Å². The number of nitrogens with zero attached hydrogens (tertiary/aromatic N) is 4. The van der Waals surface area contributed by atoms with Gasteiger partial charge in [-0.1, -0.05) is 0 Å². The molecule has 0 unspecified atom stereocenters. The normalized spacial score (nSPS) is 10.5. The summed E-state index contributed by atoms with van der Waals surface area (Å²) in [5.41, 5.74) is 0.727. The summed E-state index contributed by atoms with van der Waals surface area (Å²) in [4.78, 5) is 15.0. The number of anilines is 1. The lowest BCUT2D eigenvalue weighted by Crippen LogP contribution is -2.06. The number of carboxylic acids is 1. The van der Waals surface area contributed by atoms with Gasteiger partial charge >= 0.3 is 5.97 Å². The van der Waals surface area contributed by atoms with Crippen molar-refractivity contribution in [2.45, 2.75) is 13.5 Å². The van der Waals surface area contributed by atoms with Gasteiger partial charge in [0, 0.05) is 7.05 Å². The Kier molecular flexibility index (Phi) is 3.05. The molecule has 90 valence electrons. The number of aromatic carboxylic acids is 1. The minimum Gasteiger partial charge on any atom is -0.478 e. The SMILES string of the molecule is Cc1nsc(NCc2ncn(C)n2)c1C(=O)O. The molecule has 0 amide bonds. The molecule has 2 aromatic rings. The molecule has 0 fully saturated rings. The van der Waals surface area contributed by atoms with Gasteiger partial charge in [-0.2, -0.15) is 9.47 Å². The molecule has 0 aliphatic rings. The molecular formula is C9H11N5O2S. The molecule has 2 rings (SSSR count). The standard InChI is InChI=1S/C9H11N5O2S/c1-5-7(9(15)16)8(17-13-5)10-3-6-11-4-14(2)12-6/h4,10H,3H2,1-2H3,(H,15,16). The number of hydrogen-bond acceptors (Lipinski definition) is 6. The van der Waals surface area contributed by atoms with E-state index in [0.717, 1.165) is 11.5 Å². The Morgan fingerprint density at radius 2 is 2.41 bits per heavy atom. The Hall–Kier alpha value is -1.96. The molecule has 17 heavy (non-hydrogen) atoms. The molecule has 0 saturated carbocycles. The summed E-state index contributed by atoms with van der Waals surface area (Å²) in [6.07, 6.45) is 1.59. The molecule has 2 heterocycles. The number of aromatic nitrogens is 4. The number of aryl methyl sites for hydroxylation is 2. The second-order valence-electron chi connectivity index (χ2n) is 3.47. The van der Waals surface area contributed by atoms with Crippen molar-refractivity contribution in [3.05, 3.63) is 23.4 Å². The maximum atomic E-state index is 11.0. The van der Waals surface area contributed by atoms with Crippen LogP contribution < -0.4 is 5.32 Å². The second-order valence-corrected chi connectivity index (χ2v) is 4.24. The number of carbonyl (C=O) groups is 1. The third kappa shape index (κ3) is 2.41. The number of nitrogens with one attached hydrogen (secondary N) is 1. The van der Waals surface area contributed by atoms with Gasteiger partial charge in [0.15, 0.2) is 5.82 Å². The molecule has 0 radical (unpaired) electrons. The van der Waals surface area contributed by atoms with Crippen molar-refractivity contribution in [1.29, 1.82) is 0 Å². The largest absolute Gasteiger partial charge is 0.478 e. The third-order valence-electron chi connectivity index (χ3n) is 2.13. The van der Waals surface area contributed by atoms with E-state index in [1.54, 1.807) is 25.0 Å². The maximum Gasteiger partial charge on any atom is 0.340 e. The van der Waals surface area contributed by atoms with Gasteiger partial charge in [-0.15, -0.1) is 0 Å². The zero-order chi connectivity index (χ0) is 12.4. The van der Waals surface area contributed by atoms with Crippen LogP contribution in [0.1, 0.15) is 21.9 Å². The molecule has 8 heteroatoms. The quantitative estimate of drug-likeness (QED) is 0.840. The van der Waals surface area contributed by atoms with Crippen molar-refractivity contribution in [2.75, 3.05) is 5.32 Å². The highest BCUT2D eigenvalue weighted by molar-refractivity contribution is 7.10. The molecular weight excluding hydrogens is 242 g/mol. The molecule has 0 aromatic carbocycles. The zero-order valence-corrected chi connectivity index (χ0v) is 10.2. The third-order valence-corrected chi connectivity index (χ3v) is 3.03. The van der Waals surface area contributed by atoms with Crippen LogP contribution in [0.3, 0.4) is 0 Å². The Labute approximate surface area is 101 Å². The summed E-state index contributed by atoms with van der Waals surface area (Å²) >= 11 is 1.13. The highest BCUT2D eigenvalue weighted by Crippen LogP contribution is 2.24. The highest BCUT2D eigenvalue weighted by atomic mass is 32.1. The monoisotopic (exact) mass is 253 g/mol. The van der Waals surface area contributed by atoms with Gasteiger partial charge in [0.2, 0.25) is 0 Å². The molecule has 0 aliphatic carbocycles. The van der Waals surface area contributed by atoms with Gasteiger partial charge in [-0.25, -0.2) is 9.78 Å². The fraction of sp³-hybridized carbons (Fsp3) is 0.333. The van der Waals surface area contributed by atoms with Crippen LogP contribution in [-0.2, 0) is 13.6 Å². The van der Waals surface area contributed by atoms with Crippen LogP contribution in [-0.4, -0.2) is 30.2 Å². The van der Waals surface area contributed by atoms with Crippen LogP contribution in [0.5, 0.6) is 0 Å². The summed E-state index contributed by atoms with van der Waals surface area (Å²) in [6, 6.07) is 0. The van der Waals surface area contributed by atoms with Crippen LogP contribution in [0, 0.1) is 6.92 Å². The lowest BCUT2D eigenvalue weighted by atomic mass is 10.2. The van der Waals surface area contributed by atoms with E-state index in [2.05, 4.69) is 19.8 Å². The van der Waals surface area contributed by atoms with E-state index in [1.807, 2.05) is 0 Å². The molecule has 2 aromatic heterocycles. The first-order valence-electron chi connectivity index (χ1n) is 4.86. The van der Waals surface area contributed by atoms with Gasteiger partial charge in [-0.3, -0.25) is 4.68 Å². The molecule has 0 spiro atoms. The minimum absolute atomic E-state index is 0.214. The average Bonchev–Trinajstić information content (AvgIpc) is 2.82. The van der Waals surface area contributed by atoms with E-state index < -0.39 is 5.97 Å². The van der Waals surface area contributed by atoms with Gasteiger partial charge in [-0.05, 0) is 18.5 Å². The van der Waals surface area contributed by atoms with Crippen molar-refractivity contribution in [3.63, 3.8) is 0 Å². The molecule has 7 nitrogen and oxygen atoms in total. The molecule has 2 N–H and O–H groups in total. The number of hydrogen-bond donors (Lipinski definition) is 2. The van der Waals surface area contributed by atoms with E-state index >= 15 is 0 Å². The topological polar surface area (TPSA) is 92.9 Å². The summed E-state index contributed by atoms with van der Waals surface area (Å²) in [6.45, 7) is 2.05. The first kappa shape index (κ1) is 11.5. The Morgan fingerprint density at radius 1 is 1.65 bits per heavy atom. The first-order valence-corrected chi connectivity index (χ1v) is 5.63. The Morgan fingerprint density at radius 3 is 3.00 bits per heavy atom. The summed E-state index contributed by atoms with van der Waals surface area (Å²) in [5.74, 6) is -0.373. The highest BCUT2D eigenvalue weighted by Gasteiger charge is 2.17. The van der Waals surface area contributed by atoms with E-state index in [0.29, 0.717) is 23.1 Å². The lowest BCUT2D eigenvalue weighted by molar-refractivity contribution is 0.0697. The van der Waals surface area contributed by atoms with Crippen molar-refractivity contribution < 1.29 is 9.90 Å². The lowest BCUT2D eigenvalue weighted by Gasteiger charge is -2.01. The predicted molar refractivity (Wildman–Crippen MR) is 62.1 cm³/mol. The van der Waals surface area contributed by atoms with Crippen molar-refractivity contribution in [3.8, 4) is 0 Å². The van der Waals surface area contributed by atoms with Crippen LogP contribution in [0.4, 0.5) is 5.00 Å². The van der Waals surface area contributed by atoms with E-state index in [-0.39, 0.29) is 5.56 Å². The summed E-state index contributed by atoms with van der Waals surface area (Å²) < 4.78 is 5.60. The van der Waals surface area contributed by atoms with Gasteiger partial charge in [0.1, 0.15) is 16.9 Å². The Balaban J connectivity index is 2.11. The molecule has 0 aliphatic heterocycles. The van der Waals surface area contributed by atoms with Crippen molar-refractivity contribution in [1.82, 2.24) is 19.1 Å². The number of rotatable bonds is 4. The zero-order valence-electron chi connectivity index (χ0n) is 9.34. The Bertz CT molecular complexity index is 547. The minimum atomic E-state index is -0.979. The first-order chi connectivity index (χ1) is 8.08. The van der Waals surface area contributed by atoms with Crippen molar-refractivity contribution in [2.24, 2.45) is 7.05 Å². The summed E-state index contributed by atoms with van der Waals surface area (Å²) in [5, 5.41) is 16.6. The molecule has 0 atom stereocenters. The van der Waals surface area contributed by atoms with Crippen LogP contribution in [0.2, 0.25) is 0 Å². The van der Waals surface area contributed by atoms with Gasteiger partial charge in [0.25, 0.3) is 0 Å². The van der Waals surface area contributed by atoms with Gasteiger partial charge < -0.3 is 10.4 Å². The fourth-order valence-electron chi connectivity index (χ4n) is 1.37. The maximum absolute atomic E-state index is 11.0. The summed E-state index contributed by atoms with van der Waals surface area (Å²) in [7, 11) is 1.77.